The monoisotopic (exact) mass is 198 g/mol. The van der Waals surface area contributed by atoms with Crippen molar-refractivity contribution in [1.29, 1.82) is 0 Å². The van der Waals surface area contributed by atoms with E-state index >= 15 is 0 Å². The summed E-state index contributed by atoms with van der Waals surface area (Å²) in [6, 6.07) is 6.20. The average Bonchev–Trinajstić information content (AvgIpc) is 2.88. The van der Waals surface area contributed by atoms with Crippen molar-refractivity contribution in [3.05, 3.63) is 36.9 Å². The Morgan fingerprint density at radius 2 is 2.20 bits per heavy atom. The highest BCUT2D eigenvalue weighted by Crippen LogP contribution is 2.22. The summed E-state index contributed by atoms with van der Waals surface area (Å²) in [5.41, 5.74) is 4.40. The van der Waals surface area contributed by atoms with Gasteiger partial charge >= 0.3 is 0 Å². The first kappa shape index (κ1) is 8.23. The van der Waals surface area contributed by atoms with Crippen LogP contribution in [0, 0.1) is 0 Å². The lowest BCUT2D eigenvalue weighted by Gasteiger charge is -1.98. The summed E-state index contributed by atoms with van der Waals surface area (Å²) in [5.74, 6) is 0. The summed E-state index contributed by atoms with van der Waals surface area (Å²) in [7, 11) is 1.99. The smallest absolute Gasteiger partial charge is 0.0955 e. The van der Waals surface area contributed by atoms with Gasteiger partial charge in [-0.05, 0) is 17.7 Å². The topological polar surface area (TPSA) is 46.5 Å². The van der Waals surface area contributed by atoms with Crippen LogP contribution in [0.5, 0.6) is 0 Å². The summed E-state index contributed by atoms with van der Waals surface area (Å²) in [4.78, 5) is 4.28. The maximum Gasteiger partial charge on any atom is 0.0955 e. The fourth-order valence-corrected chi connectivity index (χ4v) is 1.71. The zero-order valence-corrected chi connectivity index (χ0v) is 8.31. The Balaban J connectivity index is 2.25. The molecule has 15 heavy (non-hydrogen) atoms. The number of aryl methyl sites for hydroxylation is 1. The highest BCUT2D eigenvalue weighted by molar-refractivity contribution is 5.81. The van der Waals surface area contributed by atoms with Gasteiger partial charge in [-0.25, -0.2) is 4.98 Å². The summed E-state index contributed by atoms with van der Waals surface area (Å²) >= 11 is 0. The standard InChI is InChI=1S/C11H10N4/c1-15-7-12-10-3-2-8(4-11(10)15)9-5-13-14-6-9/h2-7H,1H3,(H,13,14). The summed E-state index contributed by atoms with van der Waals surface area (Å²) in [6.45, 7) is 0. The first-order valence-electron chi connectivity index (χ1n) is 4.75. The third-order valence-corrected chi connectivity index (χ3v) is 2.56. The molecule has 0 radical (unpaired) electrons. The van der Waals surface area contributed by atoms with E-state index in [9.17, 15) is 0 Å². The van der Waals surface area contributed by atoms with Gasteiger partial charge in [-0.15, -0.1) is 0 Å². The predicted molar refractivity (Wildman–Crippen MR) is 58.3 cm³/mol. The summed E-state index contributed by atoms with van der Waals surface area (Å²) in [6.07, 6.45) is 5.53. The Morgan fingerprint density at radius 3 is 3.00 bits per heavy atom. The SMILES string of the molecule is Cn1cnc2ccc(-c3cn[nH]c3)cc21. The molecule has 4 nitrogen and oxygen atoms in total. The normalized spacial score (nSPS) is 11.0. The van der Waals surface area contributed by atoms with Gasteiger partial charge in [0.05, 0.1) is 23.6 Å². The highest BCUT2D eigenvalue weighted by Gasteiger charge is 2.03. The molecular weight excluding hydrogens is 188 g/mol. The number of nitrogens with zero attached hydrogens (tertiary/aromatic N) is 3. The molecular formula is C11H10N4. The number of aromatic nitrogens is 4. The van der Waals surface area contributed by atoms with E-state index in [1.165, 1.54) is 0 Å². The van der Waals surface area contributed by atoms with Gasteiger partial charge in [-0.1, -0.05) is 6.07 Å². The van der Waals surface area contributed by atoms with E-state index in [-0.39, 0.29) is 0 Å². The molecule has 0 aliphatic carbocycles. The fourth-order valence-electron chi connectivity index (χ4n) is 1.71. The molecule has 74 valence electrons. The predicted octanol–water partition coefficient (Wildman–Crippen LogP) is 1.96. The van der Waals surface area contributed by atoms with Gasteiger partial charge in [-0.3, -0.25) is 5.10 Å². The second-order valence-electron chi connectivity index (χ2n) is 3.55. The molecule has 0 bridgehead atoms. The lowest BCUT2D eigenvalue weighted by Crippen LogP contribution is -1.84. The first-order valence-corrected chi connectivity index (χ1v) is 4.75. The molecule has 2 aromatic heterocycles. The molecule has 0 fully saturated rings. The Bertz CT molecular complexity index is 592. The molecule has 0 aliphatic rings. The molecule has 1 N–H and O–H groups in total. The van der Waals surface area contributed by atoms with Crippen molar-refractivity contribution in [2.45, 2.75) is 0 Å². The van der Waals surface area contributed by atoms with Crippen LogP contribution in [0.4, 0.5) is 0 Å². The average molecular weight is 198 g/mol. The number of aromatic amines is 1. The van der Waals surface area contributed by atoms with Gasteiger partial charge in [0.15, 0.2) is 0 Å². The van der Waals surface area contributed by atoms with Crippen LogP contribution in [0.15, 0.2) is 36.9 Å². The van der Waals surface area contributed by atoms with E-state index in [0.29, 0.717) is 0 Å². The van der Waals surface area contributed by atoms with Crippen LogP contribution in [0.25, 0.3) is 22.2 Å². The van der Waals surface area contributed by atoms with Crippen molar-refractivity contribution in [3.8, 4) is 11.1 Å². The van der Waals surface area contributed by atoms with Gasteiger partial charge < -0.3 is 4.57 Å². The number of fused-ring (bicyclic) bond motifs is 1. The van der Waals surface area contributed by atoms with E-state index in [0.717, 1.165) is 22.2 Å². The Kier molecular flexibility index (Phi) is 1.62. The number of H-pyrrole nitrogens is 1. The Hall–Kier alpha value is -2.10. The molecule has 0 spiro atoms. The Labute approximate surface area is 86.6 Å². The molecule has 0 unspecified atom stereocenters. The van der Waals surface area contributed by atoms with Gasteiger partial charge in [0.1, 0.15) is 0 Å². The van der Waals surface area contributed by atoms with Crippen molar-refractivity contribution in [3.63, 3.8) is 0 Å². The lowest BCUT2D eigenvalue weighted by molar-refractivity contribution is 0.948. The van der Waals surface area contributed by atoms with Crippen LogP contribution in [-0.4, -0.2) is 19.7 Å². The van der Waals surface area contributed by atoms with E-state index in [2.05, 4.69) is 27.3 Å². The number of imidazole rings is 1. The lowest BCUT2D eigenvalue weighted by atomic mass is 10.1. The Morgan fingerprint density at radius 1 is 1.27 bits per heavy atom. The van der Waals surface area contributed by atoms with Crippen LogP contribution in [0.3, 0.4) is 0 Å². The molecule has 0 saturated carbocycles. The van der Waals surface area contributed by atoms with E-state index in [4.69, 9.17) is 0 Å². The minimum absolute atomic E-state index is 1.02. The largest absolute Gasteiger partial charge is 0.334 e. The van der Waals surface area contributed by atoms with Gasteiger partial charge in [-0.2, -0.15) is 5.10 Å². The third-order valence-electron chi connectivity index (χ3n) is 2.56. The molecule has 0 amide bonds. The molecule has 0 aliphatic heterocycles. The second-order valence-corrected chi connectivity index (χ2v) is 3.55. The highest BCUT2D eigenvalue weighted by atomic mass is 15.1. The van der Waals surface area contributed by atoms with Crippen molar-refractivity contribution in [2.75, 3.05) is 0 Å². The fraction of sp³-hybridized carbons (Fsp3) is 0.0909. The molecule has 2 heterocycles. The van der Waals surface area contributed by atoms with Gasteiger partial charge in [0.2, 0.25) is 0 Å². The molecule has 4 heteroatoms. The van der Waals surface area contributed by atoms with E-state index < -0.39 is 0 Å². The van der Waals surface area contributed by atoms with Crippen molar-refractivity contribution in [2.24, 2.45) is 7.05 Å². The first-order chi connectivity index (χ1) is 7.34. The molecule has 3 rings (SSSR count). The summed E-state index contributed by atoms with van der Waals surface area (Å²) in [5, 5.41) is 6.75. The van der Waals surface area contributed by atoms with Crippen LogP contribution < -0.4 is 0 Å². The van der Waals surface area contributed by atoms with Crippen LogP contribution in [0.1, 0.15) is 0 Å². The number of nitrogens with one attached hydrogen (secondary N) is 1. The van der Waals surface area contributed by atoms with Crippen LogP contribution in [-0.2, 0) is 7.05 Å². The third kappa shape index (κ3) is 1.22. The maximum atomic E-state index is 4.28. The van der Waals surface area contributed by atoms with Crippen LogP contribution in [0.2, 0.25) is 0 Å². The maximum absolute atomic E-state index is 4.28. The van der Waals surface area contributed by atoms with Gasteiger partial charge in [0.25, 0.3) is 0 Å². The number of hydrogen-bond donors (Lipinski definition) is 1. The minimum atomic E-state index is 1.02. The molecule has 3 aromatic rings. The quantitative estimate of drug-likeness (QED) is 0.649. The van der Waals surface area contributed by atoms with E-state index in [1.807, 2.05) is 36.4 Å². The zero-order chi connectivity index (χ0) is 10.3. The number of hydrogen-bond acceptors (Lipinski definition) is 2. The zero-order valence-electron chi connectivity index (χ0n) is 8.31. The number of rotatable bonds is 1. The van der Waals surface area contributed by atoms with Crippen molar-refractivity contribution < 1.29 is 0 Å². The van der Waals surface area contributed by atoms with Crippen molar-refractivity contribution in [1.82, 2.24) is 19.7 Å². The number of benzene rings is 1. The molecule has 0 saturated heterocycles. The molecule has 0 atom stereocenters. The second kappa shape index (κ2) is 2.95. The van der Waals surface area contributed by atoms with E-state index in [1.54, 1.807) is 0 Å². The molecule has 1 aromatic carbocycles. The summed E-state index contributed by atoms with van der Waals surface area (Å²) < 4.78 is 2.01. The van der Waals surface area contributed by atoms with Gasteiger partial charge in [0, 0.05) is 18.8 Å². The minimum Gasteiger partial charge on any atom is -0.334 e. The van der Waals surface area contributed by atoms with Crippen molar-refractivity contribution >= 4 is 11.0 Å². The van der Waals surface area contributed by atoms with Crippen LogP contribution >= 0.6 is 0 Å².